The van der Waals surface area contributed by atoms with Crippen molar-refractivity contribution in [2.45, 2.75) is 19.4 Å². The van der Waals surface area contributed by atoms with Crippen molar-refractivity contribution in [1.29, 1.82) is 0 Å². The normalized spacial score (nSPS) is 12.7. The summed E-state index contributed by atoms with van der Waals surface area (Å²) >= 11 is 13.4. The minimum atomic E-state index is -0.585. The smallest absolute Gasteiger partial charge is 0.0941 e. The number of halogens is 2. The molecular weight excluding hydrogens is 277 g/mol. The van der Waals surface area contributed by atoms with E-state index in [1.165, 1.54) is 11.3 Å². The highest BCUT2D eigenvalue weighted by Crippen LogP contribution is 2.29. The van der Waals surface area contributed by atoms with Gasteiger partial charge in [-0.05, 0) is 30.7 Å². The first-order valence-electron chi connectivity index (χ1n) is 5.10. The Balaban J connectivity index is 2.21. The Morgan fingerprint density at radius 1 is 1.41 bits per heavy atom. The van der Waals surface area contributed by atoms with Gasteiger partial charge in [0.1, 0.15) is 0 Å². The number of thiazole rings is 1. The first-order valence-corrected chi connectivity index (χ1v) is 6.73. The van der Waals surface area contributed by atoms with Crippen molar-refractivity contribution in [2.24, 2.45) is 0 Å². The van der Waals surface area contributed by atoms with Crippen LogP contribution in [0.25, 0.3) is 0 Å². The third-order valence-electron chi connectivity index (χ3n) is 2.51. The molecule has 0 saturated heterocycles. The Hall–Kier alpha value is -0.610. The van der Waals surface area contributed by atoms with E-state index >= 15 is 0 Å². The summed E-state index contributed by atoms with van der Waals surface area (Å²) in [5.74, 6) is 0. The Morgan fingerprint density at radius 2 is 2.18 bits per heavy atom. The van der Waals surface area contributed by atoms with Crippen molar-refractivity contribution in [3.63, 3.8) is 0 Å². The molecule has 0 aliphatic rings. The highest BCUT2D eigenvalue weighted by atomic mass is 35.5. The Morgan fingerprint density at radius 3 is 2.82 bits per heavy atom. The maximum atomic E-state index is 10.1. The molecule has 1 aromatic heterocycles. The molecule has 0 radical (unpaired) electrons. The lowest BCUT2D eigenvalue weighted by atomic mass is 10.1. The van der Waals surface area contributed by atoms with Crippen molar-refractivity contribution in [1.82, 2.24) is 4.98 Å². The fraction of sp³-hybridized carbons (Fsp3) is 0.250. The van der Waals surface area contributed by atoms with Gasteiger partial charge in [-0.25, -0.2) is 4.98 Å². The highest BCUT2D eigenvalue weighted by molar-refractivity contribution is 7.09. The summed E-state index contributed by atoms with van der Waals surface area (Å²) in [6.07, 6.45) is -0.138. The van der Waals surface area contributed by atoms with Crippen LogP contribution in [-0.4, -0.2) is 10.1 Å². The summed E-state index contributed by atoms with van der Waals surface area (Å²) in [4.78, 5) is 4.99. The van der Waals surface area contributed by atoms with E-state index in [4.69, 9.17) is 23.2 Å². The van der Waals surface area contributed by atoms with Crippen LogP contribution in [0, 0.1) is 6.92 Å². The molecule has 17 heavy (non-hydrogen) atoms. The zero-order valence-corrected chi connectivity index (χ0v) is 11.5. The first kappa shape index (κ1) is 12.8. The van der Waals surface area contributed by atoms with Crippen LogP contribution in [0.5, 0.6) is 0 Å². The van der Waals surface area contributed by atoms with Crippen LogP contribution in [0.2, 0.25) is 10.0 Å². The number of aliphatic hydroxyl groups is 1. The predicted molar refractivity (Wildman–Crippen MR) is 72.0 cm³/mol. The molecule has 0 fully saturated rings. The van der Waals surface area contributed by atoms with Crippen molar-refractivity contribution < 1.29 is 5.11 Å². The van der Waals surface area contributed by atoms with Crippen molar-refractivity contribution >= 4 is 34.5 Å². The second-order valence-corrected chi connectivity index (χ2v) is 5.49. The number of aliphatic hydroxyl groups excluding tert-OH is 1. The number of nitrogens with zero attached hydrogens (tertiary/aromatic N) is 1. The monoisotopic (exact) mass is 287 g/mol. The Kier molecular flexibility index (Phi) is 4.05. The molecule has 2 aromatic rings. The molecule has 1 unspecified atom stereocenters. The van der Waals surface area contributed by atoms with E-state index in [9.17, 15) is 5.11 Å². The maximum absolute atomic E-state index is 10.1. The molecule has 0 aliphatic carbocycles. The fourth-order valence-corrected chi connectivity index (χ4v) is 2.81. The fourth-order valence-electron chi connectivity index (χ4n) is 1.63. The minimum Gasteiger partial charge on any atom is -0.387 e. The SMILES string of the molecule is Cc1ncsc1C(O)Cc1cc(Cl)ccc1Cl. The van der Waals surface area contributed by atoms with Crippen molar-refractivity contribution in [3.8, 4) is 0 Å². The number of aromatic nitrogens is 1. The van der Waals surface area contributed by atoms with Crippen LogP contribution in [0.4, 0.5) is 0 Å². The molecule has 1 aromatic carbocycles. The van der Waals surface area contributed by atoms with E-state index in [1.54, 1.807) is 23.7 Å². The van der Waals surface area contributed by atoms with E-state index in [2.05, 4.69) is 4.98 Å². The van der Waals surface area contributed by atoms with Gasteiger partial charge >= 0.3 is 0 Å². The summed E-state index contributed by atoms with van der Waals surface area (Å²) < 4.78 is 0. The second kappa shape index (κ2) is 5.36. The average Bonchev–Trinajstić information content (AvgIpc) is 2.70. The van der Waals surface area contributed by atoms with Gasteiger partial charge in [-0.2, -0.15) is 0 Å². The molecule has 90 valence electrons. The second-order valence-electron chi connectivity index (χ2n) is 3.76. The Bertz CT molecular complexity index is 527. The lowest BCUT2D eigenvalue weighted by Gasteiger charge is -2.11. The van der Waals surface area contributed by atoms with Gasteiger partial charge in [-0.3, -0.25) is 0 Å². The van der Waals surface area contributed by atoms with Crippen molar-refractivity contribution in [3.05, 3.63) is 49.9 Å². The number of rotatable bonds is 3. The van der Waals surface area contributed by atoms with Gasteiger partial charge in [-0.15, -0.1) is 11.3 Å². The molecule has 5 heteroatoms. The van der Waals surface area contributed by atoms with Crippen LogP contribution in [0.1, 0.15) is 22.2 Å². The van der Waals surface area contributed by atoms with E-state index < -0.39 is 6.10 Å². The van der Waals surface area contributed by atoms with E-state index in [0.29, 0.717) is 16.5 Å². The van der Waals surface area contributed by atoms with Crippen LogP contribution >= 0.6 is 34.5 Å². The molecule has 1 N–H and O–H groups in total. The molecule has 0 amide bonds. The molecule has 0 aliphatic heterocycles. The molecule has 1 atom stereocenters. The summed E-state index contributed by atoms with van der Waals surface area (Å²) in [5, 5.41) is 11.4. The number of hydrogen-bond donors (Lipinski definition) is 1. The van der Waals surface area contributed by atoms with E-state index in [-0.39, 0.29) is 0 Å². The molecule has 2 rings (SSSR count). The van der Waals surface area contributed by atoms with Gasteiger partial charge in [0.05, 0.1) is 22.2 Å². The lowest BCUT2D eigenvalue weighted by Crippen LogP contribution is -2.02. The standard InChI is InChI=1S/C12H11Cl2NOS/c1-7-12(17-6-15-7)11(16)5-8-4-9(13)2-3-10(8)14/h2-4,6,11,16H,5H2,1H3. The third-order valence-corrected chi connectivity index (χ3v) is 4.14. The summed E-state index contributed by atoms with van der Waals surface area (Å²) in [7, 11) is 0. The quantitative estimate of drug-likeness (QED) is 0.924. The lowest BCUT2D eigenvalue weighted by molar-refractivity contribution is 0.181. The topological polar surface area (TPSA) is 33.1 Å². The third kappa shape index (κ3) is 2.99. The zero-order valence-electron chi connectivity index (χ0n) is 9.15. The van der Waals surface area contributed by atoms with Gasteiger partial charge in [0.25, 0.3) is 0 Å². The van der Waals surface area contributed by atoms with E-state index in [1.807, 2.05) is 6.92 Å². The van der Waals surface area contributed by atoms with Crippen LogP contribution in [0.15, 0.2) is 23.7 Å². The Labute approximate surface area is 114 Å². The van der Waals surface area contributed by atoms with Crippen molar-refractivity contribution in [2.75, 3.05) is 0 Å². The number of hydrogen-bond acceptors (Lipinski definition) is 3. The molecule has 0 saturated carbocycles. The van der Waals surface area contributed by atoms with Crippen LogP contribution < -0.4 is 0 Å². The number of benzene rings is 1. The largest absolute Gasteiger partial charge is 0.387 e. The molecule has 1 heterocycles. The maximum Gasteiger partial charge on any atom is 0.0941 e. The average molecular weight is 288 g/mol. The van der Waals surface area contributed by atoms with Gasteiger partial charge in [0, 0.05) is 16.5 Å². The molecule has 2 nitrogen and oxygen atoms in total. The predicted octanol–water partition coefficient (Wildman–Crippen LogP) is 4.03. The summed E-state index contributed by atoms with van der Waals surface area (Å²) in [5.41, 5.74) is 3.44. The number of aryl methyl sites for hydroxylation is 1. The summed E-state index contributed by atoms with van der Waals surface area (Å²) in [6, 6.07) is 5.26. The minimum absolute atomic E-state index is 0.447. The molecule has 0 bridgehead atoms. The van der Waals surface area contributed by atoms with Gasteiger partial charge in [0.2, 0.25) is 0 Å². The van der Waals surface area contributed by atoms with Crippen LogP contribution in [0.3, 0.4) is 0 Å². The van der Waals surface area contributed by atoms with Gasteiger partial charge in [-0.1, -0.05) is 23.2 Å². The molecular formula is C12H11Cl2NOS. The first-order chi connectivity index (χ1) is 8.08. The summed E-state index contributed by atoms with van der Waals surface area (Å²) in [6.45, 7) is 1.88. The van der Waals surface area contributed by atoms with Crippen LogP contribution in [-0.2, 0) is 6.42 Å². The zero-order chi connectivity index (χ0) is 12.4. The highest BCUT2D eigenvalue weighted by Gasteiger charge is 2.15. The van der Waals surface area contributed by atoms with E-state index in [0.717, 1.165) is 16.1 Å². The van der Waals surface area contributed by atoms with Gasteiger partial charge in [0.15, 0.2) is 0 Å². The van der Waals surface area contributed by atoms with Gasteiger partial charge < -0.3 is 5.11 Å². The molecule has 0 spiro atoms.